The molecular weight excluding hydrogens is 376 g/mol. The van der Waals surface area contributed by atoms with Gasteiger partial charge >= 0.3 is 0 Å². The second-order valence-electron chi connectivity index (χ2n) is 7.19. The molecule has 29 heavy (non-hydrogen) atoms. The van der Waals surface area contributed by atoms with E-state index in [1.165, 1.54) is 0 Å². The van der Waals surface area contributed by atoms with E-state index in [9.17, 15) is 8.78 Å². The summed E-state index contributed by atoms with van der Waals surface area (Å²) in [6.07, 6.45) is 7.46. The number of pyridine rings is 2. The van der Waals surface area contributed by atoms with Gasteiger partial charge < -0.3 is 10.6 Å². The Bertz CT molecular complexity index is 1180. The van der Waals surface area contributed by atoms with Gasteiger partial charge in [-0.15, -0.1) is 0 Å². The highest BCUT2D eigenvalue weighted by molar-refractivity contribution is 5.67. The molecule has 1 fully saturated rings. The van der Waals surface area contributed by atoms with E-state index in [1.807, 2.05) is 42.0 Å². The molecule has 0 saturated carbocycles. The third-order valence-corrected chi connectivity index (χ3v) is 5.10. The summed E-state index contributed by atoms with van der Waals surface area (Å²) in [4.78, 5) is 8.99. The highest BCUT2D eigenvalue weighted by Crippen LogP contribution is 2.27. The fourth-order valence-corrected chi connectivity index (χ4v) is 3.56. The molecule has 2 N–H and O–H groups in total. The molecular formula is C20H19F2N7. The van der Waals surface area contributed by atoms with Crippen molar-refractivity contribution in [2.45, 2.75) is 12.0 Å². The Kier molecular flexibility index (Phi) is 4.06. The number of anilines is 1. The maximum absolute atomic E-state index is 13.9. The fourth-order valence-electron chi connectivity index (χ4n) is 3.56. The van der Waals surface area contributed by atoms with E-state index >= 15 is 0 Å². The van der Waals surface area contributed by atoms with Crippen molar-refractivity contribution in [1.82, 2.24) is 29.5 Å². The van der Waals surface area contributed by atoms with Crippen LogP contribution in [0.4, 0.5) is 14.6 Å². The molecule has 7 nitrogen and oxygen atoms in total. The monoisotopic (exact) mass is 395 g/mol. The maximum Gasteiger partial charge on any atom is 0.281 e. The van der Waals surface area contributed by atoms with Crippen molar-refractivity contribution >= 4 is 11.5 Å². The minimum Gasteiger partial charge on any atom is -0.360 e. The number of nitrogens with zero attached hydrogens (tertiary/aromatic N) is 5. The molecule has 148 valence electrons. The molecule has 1 unspecified atom stereocenters. The predicted molar refractivity (Wildman–Crippen MR) is 106 cm³/mol. The molecule has 0 radical (unpaired) electrons. The lowest BCUT2D eigenvalue weighted by Gasteiger charge is -2.20. The van der Waals surface area contributed by atoms with E-state index in [-0.39, 0.29) is 13.1 Å². The zero-order valence-electron chi connectivity index (χ0n) is 15.7. The second kappa shape index (κ2) is 6.63. The van der Waals surface area contributed by atoms with Crippen molar-refractivity contribution in [2.24, 2.45) is 7.05 Å². The molecule has 1 atom stereocenters. The number of aromatic nitrogens is 5. The third kappa shape index (κ3) is 3.23. The van der Waals surface area contributed by atoms with E-state index in [0.717, 1.165) is 22.5 Å². The number of imidazole rings is 1. The lowest BCUT2D eigenvalue weighted by molar-refractivity contribution is 0.0138. The van der Waals surface area contributed by atoms with Crippen molar-refractivity contribution in [3.8, 4) is 22.5 Å². The van der Waals surface area contributed by atoms with Crippen LogP contribution in [0, 0.1) is 0 Å². The van der Waals surface area contributed by atoms with E-state index in [2.05, 4.69) is 25.7 Å². The van der Waals surface area contributed by atoms with Gasteiger partial charge in [0.05, 0.1) is 30.3 Å². The van der Waals surface area contributed by atoms with Crippen LogP contribution in [-0.2, 0) is 7.05 Å². The first-order valence-electron chi connectivity index (χ1n) is 9.28. The molecule has 4 aromatic rings. The van der Waals surface area contributed by atoms with Gasteiger partial charge in [-0.05, 0) is 24.3 Å². The topological polar surface area (TPSA) is 72.1 Å². The average molecular weight is 395 g/mol. The molecule has 1 aliphatic rings. The molecule has 0 aromatic carbocycles. The summed E-state index contributed by atoms with van der Waals surface area (Å²) in [6, 6.07) is 8.28. The quantitative estimate of drug-likeness (QED) is 0.556. The lowest BCUT2D eigenvalue weighted by atomic mass is 10.1. The van der Waals surface area contributed by atoms with Gasteiger partial charge in [-0.3, -0.25) is 9.08 Å². The zero-order valence-corrected chi connectivity index (χ0v) is 15.7. The van der Waals surface area contributed by atoms with Gasteiger partial charge in [0.15, 0.2) is 0 Å². The largest absolute Gasteiger partial charge is 0.360 e. The van der Waals surface area contributed by atoms with Gasteiger partial charge in [-0.2, -0.15) is 5.10 Å². The highest BCUT2D eigenvalue weighted by Gasteiger charge is 2.44. The summed E-state index contributed by atoms with van der Waals surface area (Å²) >= 11 is 0. The van der Waals surface area contributed by atoms with Gasteiger partial charge in [0, 0.05) is 37.1 Å². The number of fused-ring (bicyclic) bond motifs is 1. The summed E-state index contributed by atoms with van der Waals surface area (Å²) in [7, 11) is 1.87. The number of hydrogen-bond donors (Lipinski definition) is 2. The third-order valence-electron chi connectivity index (χ3n) is 5.10. The van der Waals surface area contributed by atoms with Crippen molar-refractivity contribution in [3.63, 3.8) is 0 Å². The van der Waals surface area contributed by atoms with Crippen LogP contribution >= 0.6 is 0 Å². The van der Waals surface area contributed by atoms with Crippen LogP contribution < -0.4 is 10.6 Å². The molecule has 5 heterocycles. The summed E-state index contributed by atoms with van der Waals surface area (Å²) in [5.41, 5.74) is 4.20. The van der Waals surface area contributed by atoms with Gasteiger partial charge in [-0.25, -0.2) is 18.7 Å². The van der Waals surface area contributed by atoms with Gasteiger partial charge in [0.1, 0.15) is 17.5 Å². The molecule has 0 bridgehead atoms. The number of nitrogens with one attached hydrogen (secondary N) is 2. The van der Waals surface area contributed by atoms with E-state index in [4.69, 9.17) is 0 Å². The van der Waals surface area contributed by atoms with Crippen LogP contribution in [0.3, 0.4) is 0 Å². The van der Waals surface area contributed by atoms with Crippen molar-refractivity contribution in [3.05, 3.63) is 55.1 Å². The number of hydrogen-bond acceptors (Lipinski definition) is 5. The smallest absolute Gasteiger partial charge is 0.281 e. The Morgan fingerprint density at radius 3 is 2.79 bits per heavy atom. The van der Waals surface area contributed by atoms with Crippen LogP contribution in [0.25, 0.3) is 28.2 Å². The Balaban J connectivity index is 1.50. The van der Waals surface area contributed by atoms with E-state index in [1.54, 1.807) is 29.2 Å². The minimum atomic E-state index is -2.81. The van der Waals surface area contributed by atoms with Gasteiger partial charge in [0.2, 0.25) is 0 Å². The Morgan fingerprint density at radius 1 is 1.14 bits per heavy atom. The SMILES string of the molecule is Cn1cc(-c2ccc3ncc(-c4cccc(NC5CNCC5(F)F)n4)n3c2)cn1. The van der Waals surface area contributed by atoms with Crippen molar-refractivity contribution in [1.29, 1.82) is 0 Å². The zero-order chi connectivity index (χ0) is 20.0. The number of aryl methyl sites for hydroxylation is 1. The van der Waals surface area contributed by atoms with Crippen molar-refractivity contribution < 1.29 is 8.78 Å². The standard InChI is InChI=1S/C20H19F2N7/c1-28-10-14(7-25-28)13-5-6-19-24-8-16(29(19)11-13)15-3-2-4-18(26-15)27-17-9-23-12-20(17,21)22/h2-8,10-11,17,23H,9,12H2,1H3,(H,26,27). The van der Waals surface area contributed by atoms with Gasteiger partial charge in [0.25, 0.3) is 5.92 Å². The number of rotatable bonds is 4. The molecule has 5 rings (SSSR count). The van der Waals surface area contributed by atoms with E-state index < -0.39 is 12.0 Å². The van der Waals surface area contributed by atoms with E-state index in [0.29, 0.717) is 11.5 Å². The average Bonchev–Trinajstić information content (AvgIpc) is 3.40. The maximum atomic E-state index is 13.9. The molecule has 1 saturated heterocycles. The second-order valence-corrected chi connectivity index (χ2v) is 7.19. The van der Waals surface area contributed by atoms with Crippen LogP contribution in [0.1, 0.15) is 0 Å². The van der Waals surface area contributed by atoms with Crippen LogP contribution in [0.15, 0.2) is 55.1 Å². The molecule has 4 aromatic heterocycles. The Morgan fingerprint density at radius 2 is 2.03 bits per heavy atom. The van der Waals surface area contributed by atoms with Crippen LogP contribution in [0.5, 0.6) is 0 Å². The summed E-state index contributed by atoms with van der Waals surface area (Å²) in [5, 5.41) is 9.79. The van der Waals surface area contributed by atoms with Gasteiger partial charge in [-0.1, -0.05) is 6.07 Å². The Hall–Kier alpha value is -3.33. The van der Waals surface area contributed by atoms with Crippen molar-refractivity contribution in [2.75, 3.05) is 18.4 Å². The first-order chi connectivity index (χ1) is 14.0. The first kappa shape index (κ1) is 17.7. The summed E-state index contributed by atoms with van der Waals surface area (Å²) in [5.74, 6) is -2.39. The summed E-state index contributed by atoms with van der Waals surface area (Å²) < 4.78 is 31.5. The molecule has 9 heteroatoms. The molecule has 0 amide bonds. The molecule has 0 aliphatic carbocycles. The highest BCUT2D eigenvalue weighted by atomic mass is 19.3. The first-order valence-corrected chi connectivity index (χ1v) is 9.28. The fraction of sp³-hybridized carbons (Fsp3) is 0.250. The summed E-state index contributed by atoms with van der Waals surface area (Å²) in [6.45, 7) is -0.127. The van der Waals surface area contributed by atoms with Crippen LogP contribution in [0.2, 0.25) is 0 Å². The Labute approximate surface area is 165 Å². The number of halogens is 2. The number of alkyl halides is 2. The predicted octanol–water partition coefficient (Wildman–Crippen LogP) is 2.82. The molecule has 1 aliphatic heterocycles. The molecule has 0 spiro atoms. The lowest BCUT2D eigenvalue weighted by Crippen LogP contribution is -2.38. The normalized spacial score (nSPS) is 18.4. The van der Waals surface area contributed by atoms with Crippen LogP contribution in [-0.4, -0.2) is 49.2 Å². The minimum absolute atomic E-state index is 0.197.